The molecule has 15 heteroatoms. The van der Waals surface area contributed by atoms with Crippen molar-refractivity contribution in [1.82, 2.24) is 16.0 Å². The molecule has 0 saturated carbocycles. The van der Waals surface area contributed by atoms with Crippen molar-refractivity contribution in [3.63, 3.8) is 0 Å². The minimum atomic E-state index is -1.61. The van der Waals surface area contributed by atoms with Gasteiger partial charge >= 0.3 is 11.9 Å². The molecule has 6 unspecified atom stereocenters. The Morgan fingerprint density at radius 3 is 1.94 bits per heavy atom. The number of carboxylic acids is 2. The first-order chi connectivity index (χ1) is 16.7. The topological polar surface area (TPSA) is 273 Å². The van der Waals surface area contributed by atoms with Gasteiger partial charge in [-0.1, -0.05) is 20.3 Å². The molecule has 6 atom stereocenters. The SMILES string of the molecule is CCC(C)C(NC(=O)C(CCC(=O)O)NC(=O)C(N)CCCN=C(N)N)C(=O)NC(C(=O)O)C(C)O. The van der Waals surface area contributed by atoms with Crippen LogP contribution < -0.4 is 33.2 Å². The summed E-state index contributed by atoms with van der Waals surface area (Å²) in [6, 6.07) is -5.19. The Morgan fingerprint density at radius 2 is 1.47 bits per heavy atom. The zero-order valence-electron chi connectivity index (χ0n) is 20.8. The van der Waals surface area contributed by atoms with Gasteiger partial charge < -0.3 is 48.5 Å². The highest BCUT2D eigenvalue weighted by atomic mass is 16.4. The van der Waals surface area contributed by atoms with E-state index in [0.717, 1.165) is 0 Å². The second kappa shape index (κ2) is 16.3. The molecule has 0 aliphatic carbocycles. The maximum absolute atomic E-state index is 13.0. The van der Waals surface area contributed by atoms with Gasteiger partial charge in [0.2, 0.25) is 17.7 Å². The molecule has 0 aromatic heterocycles. The highest BCUT2D eigenvalue weighted by molar-refractivity contribution is 5.94. The summed E-state index contributed by atoms with van der Waals surface area (Å²) in [5.74, 6) is -5.66. The van der Waals surface area contributed by atoms with Gasteiger partial charge in [-0.3, -0.25) is 24.2 Å². The largest absolute Gasteiger partial charge is 0.481 e. The number of hydrogen-bond acceptors (Lipinski definition) is 8. The normalized spacial score (nSPS) is 15.8. The lowest BCUT2D eigenvalue weighted by molar-refractivity contribution is -0.145. The van der Waals surface area contributed by atoms with Crippen molar-refractivity contribution < 1.29 is 39.3 Å². The molecule has 0 bridgehead atoms. The van der Waals surface area contributed by atoms with Crippen LogP contribution in [-0.2, 0) is 24.0 Å². The van der Waals surface area contributed by atoms with Gasteiger partial charge in [0.25, 0.3) is 0 Å². The Kier molecular flexibility index (Phi) is 14.7. The van der Waals surface area contributed by atoms with Crippen molar-refractivity contribution in [3.05, 3.63) is 0 Å². The third-order valence-corrected chi connectivity index (χ3v) is 5.42. The van der Waals surface area contributed by atoms with Crippen LogP contribution in [0, 0.1) is 5.92 Å². The predicted octanol–water partition coefficient (Wildman–Crippen LogP) is -2.80. The quantitative estimate of drug-likeness (QED) is 0.0539. The molecule has 0 heterocycles. The lowest BCUT2D eigenvalue weighted by Crippen LogP contribution is -2.59. The molecule has 0 spiro atoms. The summed E-state index contributed by atoms with van der Waals surface area (Å²) in [4.78, 5) is 64.5. The molecule has 0 radical (unpaired) electrons. The van der Waals surface area contributed by atoms with Gasteiger partial charge in [0, 0.05) is 13.0 Å². The summed E-state index contributed by atoms with van der Waals surface area (Å²) in [5.41, 5.74) is 16.3. The Labute approximate surface area is 209 Å². The van der Waals surface area contributed by atoms with E-state index in [2.05, 4.69) is 20.9 Å². The van der Waals surface area contributed by atoms with E-state index in [4.69, 9.17) is 22.3 Å². The van der Waals surface area contributed by atoms with Gasteiger partial charge in [-0.25, -0.2) is 4.79 Å². The van der Waals surface area contributed by atoms with E-state index < -0.39 is 72.3 Å². The van der Waals surface area contributed by atoms with Gasteiger partial charge in [0.05, 0.1) is 12.1 Å². The molecule has 0 aliphatic rings. The Bertz CT molecular complexity index is 801. The Morgan fingerprint density at radius 1 is 0.889 bits per heavy atom. The lowest BCUT2D eigenvalue weighted by Gasteiger charge is -2.28. The number of nitrogens with one attached hydrogen (secondary N) is 3. The first-order valence-electron chi connectivity index (χ1n) is 11.6. The predicted molar refractivity (Wildman–Crippen MR) is 129 cm³/mol. The van der Waals surface area contributed by atoms with Crippen LogP contribution in [0.15, 0.2) is 4.99 Å². The van der Waals surface area contributed by atoms with Crippen molar-refractivity contribution in [2.45, 2.75) is 83.1 Å². The number of rotatable bonds is 17. The van der Waals surface area contributed by atoms with Gasteiger partial charge in [-0.05, 0) is 32.1 Å². The first kappa shape index (κ1) is 32.5. The summed E-state index contributed by atoms with van der Waals surface area (Å²) in [5, 5.41) is 35.0. The zero-order valence-corrected chi connectivity index (χ0v) is 20.8. The Balaban J connectivity index is 5.52. The van der Waals surface area contributed by atoms with Crippen LogP contribution >= 0.6 is 0 Å². The van der Waals surface area contributed by atoms with E-state index in [-0.39, 0.29) is 25.3 Å². The van der Waals surface area contributed by atoms with Crippen molar-refractivity contribution in [2.24, 2.45) is 28.1 Å². The molecule has 36 heavy (non-hydrogen) atoms. The summed E-state index contributed by atoms with van der Waals surface area (Å²) >= 11 is 0. The molecule has 12 N–H and O–H groups in total. The van der Waals surface area contributed by atoms with E-state index >= 15 is 0 Å². The molecule has 15 nitrogen and oxygen atoms in total. The number of aliphatic carboxylic acids is 2. The maximum Gasteiger partial charge on any atom is 0.328 e. The first-order valence-corrected chi connectivity index (χ1v) is 11.6. The second-order valence-corrected chi connectivity index (χ2v) is 8.49. The smallest absolute Gasteiger partial charge is 0.328 e. The minimum absolute atomic E-state index is 0.110. The molecule has 0 aromatic carbocycles. The average Bonchev–Trinajstić information content (AvgIpc) is 2.79. The van der Waals surface area contributed by atoms with E-state index in [1.165, 1.54) is 6.92 Å². The lowest BCUT2D eigenvalue weighted by atomic mass is 9.96. The highest BCUT2D eigenvalue weighted by Gasteiger charge is 2.34. The fourth-order valence-corrected chi connectivity index (χ4v) is 3.05. The number of aliphatic hydroxyl groups is 1. The van der Waals surface area contributed by atoms with Crippen molar-refractivity contribution in [2.75, 3.05) is 6.54 Å². The number of carbonyl (C=O) groups excluding carboxylic acids is 3. The van der Waals surface area contributed by atoms with Crippen LogP contribution in [0.1, 0.15) is 52.9 Å². The summed E-state index contributed by atoms with van der Waals surface area (Å²) in [6.07, 6.45) is -1.17. The fraction of sp³-hybridized carbons (Fsp3) is 0.714. The zero-order chi connectivity index (χ0) is 28.0. The number of amides is 3. The van der Waals surface area contributed by atoms with Crippen LogP contribution in [0.2, 0.25) is 0 Å². The summed E-state index contributed by atoms with van der Waals surface area (Å²) in [7, 11) is 0. The number of aliphatic imine (C=N–C) groups is 1. The molecule has 206 valence electrons. The molecule has 0 aliphatic heterocycles. The van der Waals surface area contributed by atoms with Gasteiger partial charge in [-0.15, -0.1) is 0 Å². The number of hydrogen-bond donors (Lipinski definition) is 9. The van der Waals surface area contributed by atoms with Crippen LogP contribution in [0.5, 0.6) is 0 Å². The number of nitrogens with zero attached hydrogens (tertiary/aromatic N) is 1. The monoisotopic (exact) mass is 517 g/mol. The Hall–Kier alpha value is -3.46. The second-order valence-electron chi connectivity index (χ2n) is 8.49. The number of guanidine groups is 1. The van der Waals surface area contributed by atoms with Crippen LogP contribution in [0.3, 0.4) is 0 Å². The molecule has 0 rings (SSSR count). The molecule has 0 aromatic rings. The van der Waals surface area contributed by atoms with Gasteiger partial charge in [0.15, 0.2) is 12.0 Å². The van der Waals surface area contributed by atoms with Gasteiger partial charge in [-0.2, -0.15) is 0 Å². The van der Waals surface area contributed by atoms with Crippen LogP contribution in [0.4, 0.5) is 0 Å². The molecule has 0 saturated heterocycles. The average molecular weight is 518 g/mol. The van der Waals surface area contributed by atoms with E-state index in [9.17, 15) is 34.2 Å². The fourth-order valence-electron chi connectivity index (χ4n) is 3.05. The summed E-state index contributed by atoms with van der Waals surface area (Å²) in [6.45, 7) is 4.81. The van der Waals surface area contributed by atoms with Crippen LogP contribution in [-0.4, -0.2) is 87.8 Å². The van der Waals surface area contributed by atoms with E-state index in [1.807, 2.05) is 0 Å². The molecule has 0 fully saturated rings. The van der Waals surface area contributed by atoms with Crippen molar-refractivity contribution in [3.8, 4) is 0 Å². The standard InChI is InChI=1S/C21H39N7O8/c1-4-10(2)15(19(34)28-16(11(3)29)20(35)36)27-18(33)13(7-8-14(30)31)26-17(32)12(22)6-5-9-25-21(23)24/h10-13,15-16,29H,4-9,22H2,1-3H3,(H,26,32)(H,27,33)(H,28,34)(H,30,31)(H,35,36)(H4,23,24,25). The molecule has 3 amide bonds. The number of carboxylic acid groups (broad SMARTS) is 2. The van der Waals surface area contributed by atoms with E-state index in [0.29, 0.717) is 12.8 Å². The number of carbonyl (C=O) groups is 5. The highest BCUT2D eigenvalue weighted by Crippen LogP contribution is 2.11. The van der Waals surface area contributed by atoms with Crippen LogP contribution in [0.25, 0.3) is 0 Å². The van der Waals surface area contributed by atoms with Crippen molar-refractivity contribution in [1.29, 1.82) is 0 Å². The number of nitrogens with two attached hydrogens (primary N) is 3. The molecular weight excluding hydrogens is 478 g/mol. The van der Waals surface area contributed by atoms with E-state index in [1.54, 1.807) is 13.8 Å². The van der Waals surface area contributed by atoms with Gasteiger partial charge in [0.1, 0.15) is 12.1 Å². The number of aliphatic hydroxyl groups excluding tert-OH is 1. The molecular formula is C21H39N7O8. The van der Waals surface area contributed by atoms with Crippen molar-refractivity contribution >= 4 is 35.6 Å². The third-order valence-electron chi connectivity index (χ3n) is 5.42. The summed E-state index contributed by atoms with van der Waals surface area (Å²) < 4.78 is 0. The maximum atomic E-state index is 13.0. The minimum Gasteiger partial charge on any atom is -0.481 e. The third kappa shape index (κ3) is 12.3.